The molecule has 4 aromatic carbocycles. The highest BCUT2D eigenvalue weighted by Gasteiger charge is 2.26. The van der Waals surface area contributed by atoms with Gasteiger partial charge in [-0.1, -0.05) is 71.4 Å². The molecule has 0 atom stereocenters. The standard InChI is InChI=1S/C29H20ClN5O2/c30-23-9-4-8-21(25-16-34(33-32-25)19-12-13-19)27(23)18-11-14-22-24(15-18)31-29(37)35(28(22)36)26-10-3-6-17-5-1-2-7-20(17)26/h1-11,14-16,19H,12-13H2,(H,31,37). The third kappa shape index (κ3) is 3.58. The molecule has 37 heavy (non-hydrogen) atoms. The molecule has 2 aromatic heterocycles. The van der Waals surface area contributed by atoms with Crippen LogP contribution < -0.4 is 11.2 Å². The van der Waals surface area contributed by atoms with Gasteiger partial charge in [0, 0.05) is 21.5 Å². The van der Waals surface area contributed by atoms with Crippen LogP contribution in [0.4, 0.5) is 0 Å². The average Bonchev–Trinajstić information content (AvgIpc) is 3.64. The Labute approximate surface area is 215 Å². The SMILES string of the molecule is O=c1[nH]c2cc(-c3c(Cl)cccc3-c3cn(C4CC4)nn3)ccc2c(=O)n1-c1cccc2ccccc12. The molecule has 1 aliphatic rings. The summed E-state index contributed by atoms with van der Waals surface area (Å²) in [5.74, 6) is 0. The zero-order valence-electron chi connectivity index (χ0n) is 19.6. The van der Waals surface area contributed by atoms with E-state index in [2.05, 4.69) is 15.3 Å². The molecule has 1 fully saturated rings. The molecule has 8 heteroatoms. The van der Waals surface area contributed by atoms with Gasteiger partial charge in [0.2, 0.25) is 0 Å². The predicted octanol–water partition coefficient (Wildman–Crippen LogP) is 5.75. The Kier molecular flexibility index (Phi) is 4.87. The van der Waals surface area contributed by atoms with Crippen molar-refractivity contribution in [3.05, 3.63) is 111 Å². The first kappa shape index (κ1) is 21.8. The molecule has 7 nitrogen and oxygen atoms in total. The van der Waals surface area contributed by atoms with Crippen molar-refractivity contribution in [3.63, 3.8) is 0 Å². The van der Waals surface area contributed by atoms with Gasteiger partial charge in [0.1, 0.15) is 5.69 Å². The summed E-state index contributed by atoms with van der Waals surface area (Å²) in [6.45, 7) is 0. The Hall–Kier alpha value is -4.49. The lowest BCUT2D eigenvalue weighted by Crippen LogP contribution is -2.33. The minimum Gasteiger partial charge on any atom is -0.306 e. The number of nitrogens with one attached hydrogen (secondary N) is 1. The second-order valence-electron chi connectivity index (χ2n) is 9.31. The van der Waals surface area contributed by atoms with Crippen molar-refractivity contribution < 1.29 is 0 Å². The van der Waals surface area contributed by atoms with Crippen LogP contribution >= 0.6 is 11.6 Å². The summed E-state index contributed by atoms with van der Waals surface area (Å²) < 4.78 is 3.09. The molecule has 0 spiro atoms. The van der Waals surface area contributed by atoms with Gasteiger partial charge in [-0.05, 0) is 48.1 Å². The third-order valence-corrected chi connectivity index (χ3v) is 7.23. The van der Waals surface area contributed by atoms with Crippen LogP contribution in [0.15, 0.2) is 94.6 Å². The fraction of sp³-hybridized carbons (Fsp3) is 0.103. The zero-order valence-corrected chi connectivity index (χ0v) is 20.3. The van der Waals surface area contributed by atoms with Crippen molar-refractivity contribution in [2.45, 2.75) is 18.9 Å². The monoisotopic (exact) mass is 505 g/mol. The van der Waals surface area contributed by atoms with Crippen molar-refractivity contribution >= 4 is 33.3 Å². The van der Waals surface area contributed by atoms with Crippen LogP contribution in [-0.4, -0.2) is 24.5 Å². The lowest BCUT2D eigenvalue weighted by molar-refractivity contribution is 0.610. The largest absolute Gasteiger partial charge is 0.333 e. The van der Waals surface area contributed by atoms with E-state index in [1.807, 2.05) is 71.5 Å². The lowest BCUT2D eigenvalue weighted by atomic mass is 9.97. The summed E-state index contributed by atoms with van der Waals surface area (Å²) in [6.07, 6.45) is 4.16. The predicted molar refractivity (Wildman–Crippen MR) is 145 cm³/mol. The number of H-pyrrole nitrogens is 1. The van der Waals surface area contributed by atoms with E-state index in [1.165, 1.54) is 4.57 Å². The van der Waals surface area contributed by atoms with Crippen molar-refractivity contribution in [2.75, 3.05) is 0 Å². The summed E-state index contributed by atoms with van der Waals surface area (Å²) in [5, 5.41) is 11.4. The van der Waals surface area contributed by atoms with E-state index in [9.17, 15) is 9.59 Å². The zero-order chi connectivity index (χ0) is 25.1. The first-order chi connectivity index (χ1) is 18.1. The number of hydrogen-bond acceptors (Lipinski definition) is 4. The number of fused-ring (bicyclic) bond motifs is 2. The van der Waals surface area contributed by atoms with Crippen LogP contribution in [0.1, 0.15) is 18.9 Å². The van der Waals surface area contributed by atoms with Gasteiger partial charge >= 0.3 is 5.69 Å². The van der Waals surface area contributed by atoms with Crippen LogP contribution in [0, 0.1) is 0 Å². The minimum atomic E-state index is -0.502. The third-order valence-electron chi connectivity index (χ3n) is 6.91. The molecule has 0 radical (unpaired) electrons. The second-order valence-corrected chi connectivity index (χ2v) is 9.71. The normalized spacial score (nSPS) is 13.4. The number of aromatic amines is 1. The van der Waals surface area contributed by atoms with E-state index in [4.69, 9.17) is 11.6 Å². The molecule has 6 aromatic rings. The molecule has 180 valence electrons. The molecule has 1 N–H and O–H groups in total. The fourth-order valence-electron chi connectivity index (χ4n) is 4.94. The average molecular weight is 506 g/mol. The van der Waals surface area contributed by atoms with E-state index in [-0.39, 0.29) is 5.56 Å². The summed E-state index contributed by atoms with van der Waals surface area (Å²) >= 11 is 6.68. The number of halogens is 1. The van der Waals surface area contributed by atoms with Gasteiger partial charge in [0.25, 0.3) is 5.56 Å². The smallest absolute Gasteiger partial charge is 0.306 e. The molecule has 2 heterocycles. The van der Waals surface area contributed by atoms with Crippen LogP contribution in [0.3, 0.4) is 0 Å². The second kappa shape index (κ2) is 8.28. The van der Waals surface area contributed by atoms with Crippen LogP contribution in [-0.2, 0) is 0 Å². The summed E-state index contributed by atoms with van der Waals surface area (Å²) in [7, 11) is 0. The van der Waals surface area contributed by atoms with E-state index >= 15 is 0 Å². The fourth-order valence-corrected chi connectivity index (χ4v) is 5.23. The molecule has 1 saturated carbocycles. The maximum absolute atomic E-state index is 13.6. The first-order valence-electron chi connectivity index (χ1n) is 12.1. The van der Waals surface area contributed by atoms with E-state index in [1.54, 1.807) is 18.2 Å². The molecule has 0 saturated heterocycles. The maximum Gasteiger partial charge on any atom is 0.333 e. The minimum absolute atomic E-state index is 0.381. The maximum atomic E-state index is 13.6. The van der Waals surface area contributed by atoms with E-state index < -0.39 is 5.69 Å². The highest BCUT2D eigenvalue weighted by molar-refractivity contribution is 6.34. The highest BCUT2D eigenvalue weighted by atomic mass is 35.5. The van der Waals surface area contributed by atoms with Gasteiger partial charge in [0.05, 0.1) is 28.8 Å². The molecular weight excluding hydrogens is 486 g/mol. The van der Waals surface area contributed by atoms with Crippen LogP contribution in [0.2, 0.25) is 5.02 Å². The van der Waals surface area contributed by atoms with Gasteiger partial charge in [-0.3, -0.25) is 4.79 Å². The Bertz CT molecular complexity index is 1960. The van der Waals surface area contributed by atoms with Gasteiger partial charge < -0.3 is 4.98 Å². The topological polar surface area (TPSA) is 85.6 Å². The highest BCUT2D eigenvalue weighted by Crippen LogP contribution is 2.39. The Balaban J connectivity index is 1.40. The Morgan fingerprint density at radius 1 is 0.892 bits per heavy atom. The first-order valence-corrected chi connectivity index (χ1v) is 12.4. The van der Waals surface area contributed by atoms with Gasteiger partial charge in [-0.25, -0.2) is 14.0 Å². The molecular formula is C29H20ClN5O2. The number of nitrogens with zero attached hydrogens (tertiary/aromatic N) is 4. The van der Waals surface area contributed by atoms with E-state index in [0.29, 0.717) is 27.7 Å². The Morgan fingerprint density at radius 2 is 1.70 bits per heavy atom. The van der Waals surface area contributed by atoms with Crippen LogP contribution in [0.25, 0.3) is 49.7 Å². The summed E-state index contributed by atoms with van der Waals surface area (Å²) in [6, 6.07) is 24.7. The van der Waals surface area contributed by atoms with Crippen molar-refractivity contribution in [1.29, 1.82) is 0 Å². The Morgan fingerprint density at radius 3 is 2.57 bits per heavy atom. The van der Waals surface area contributed by atoms with Crippen molar-refractivity contribution in [1.82, 2.24) is 24.5 Å². The summed E-state index contributed by atoms with van der Waals surface area (Å²) in [4.78, 5) is 29.7. The molecule has 0 aliphatic heterocycles. The molecule has 0 amide bonds. The van der Waals surface area contributed by atoms with Crippen molar-refractivity contribution in [2.24, 2.45) is 0 Å². The molecule has 0 unspecified atom stereocenters. The lowest BCUT2D eigenvalue weighted by Gasteiger charge is -2.12. The van der Waals surface area contributed by atoms with E-state index in [0.717, 1.165) is 46.0 Å². The van der Waals surface area contributed by atoms with Crippen molar-refractivity contribution in [3.8, 4) is 28.1 Å². The van der Waals surface area contributed by atoms with Gasteiger partial charge in [-0.2, -0.15) is 0 Å². The number of rotatable bonds is 4. The van der Waals surface area contributed by atoms with Crippen LogP contribution in [0.5, 0.6) is 0 Å². The molecule has 7 rings (SSSR count). The molecule has 1 aliphatic carbocycles. The number of benzene rings is 4. The number of hydrogen-bond donors (Lipinski definition) is 1. The van der Waals surface area contributed by atoms with Gasteiger partial charge in [0.15, 0.2) is 0 Å². The van der Waals surface area contributed by atoms with Gasteiger partial charge in [-0.15, -0.1) is 5.10 Å². The molecule has 0 bridgehead atoms. The quantitative estimate of drug-likeness (QED) is 0.331. The summed E-state index contributed by atoms with van der Waals surface area (Å²) in [5.41, 5.74) is 3.21. The number of aromatic nitrogens is 5.